The number of nitrogens with zero attached hydrogens (tertiary/aromatic N) is 2. The predicted molar refractivity (Wildman–Crippen MR) is 219 cm³/mol. The van der Waals surface area contributed by atoms with Crippen molar-refractivity contribution in [3.63, 3.8) is 0 Å². The van der Waals surface area contributed by atoms with Crippen molar-refractivity contribution in [2.45, 2.75) is 0 Å². The summed E-state index contributed by atoms with van der Waals surface area (Å²) in [5.74, 6) is 0.704. The predicted octanol–water partition coefficient (Wildman–Crippen LogP) is 13.4. The molecule has 1 heterocycles. The highest BCUT2D eigenvalue weighted by molar-refractivity contribution is 6.21. The van der Waals surface area contributed by atoms with Crippen molar-refractivity contribution in [2.24, 2.45) is 0 Å². The van der Waals surface area contributed by atoms with Gasteiger partial charge in [0.2, 0.25) is 0 Å². The molecule has 0 amide bonds. The third-order valence-electron chi connectivity index (χ3n) is 10.3. The molecule has 0 radical (unpaired) electrons. The van der Waals surface area contributed by atoms with Crippen molar-refractivity contribution in [1.82, 2.24) is 9.97 Å². The Morgan fingerprint density at radius 2 is 0.865 bits per heavy atom. The normalized spacial score (nSPS) is 11.5. The molecular weight excluding hydrogens is 629 g/mol. The zero-order chi connectivity index (χ0) is 34.4. The second-order valence-electron chi connectivity index (χ2n) is 13.4. The minimum absolute atomic E-state index is 0.704. The average molecular weight is 661 g/mol. The summed E-state index contributed by atoms with van der Waals surface area (Å²) in [5.41, 5.74) is 9.61. The van der Waals surface area contributed by atoms with Gasteiger partial charge in [0.1, 0.15) is 0 Å². The fraction of sp³-hybridized carbons (Fsp3) is 0. The summed E-state index contributed by atoms with van der Waals surface area (Å²) in [6, 6.07) is 69.3. The molecule has 0 saturated heterocycles. The first-order valence-corrected chi connectivity index (χ1v) is 17.7. The first-order valence-electron chi connectivity index (χ1n) is 17.7. The van der Waals surface area contributed by atoms with E-state index in [4.69, 9.17) is 9.97 Å². The Morgan fingerprint density at radius 3 is 1.69 bits per heavy atom. The molecule has 0 atom stereocenters. The molecule has 2 nitrogen and oxygen atoms in total. The molecule has 0 fully saturated rings. The molecule has 2 heteroatoms. The summed E-state index contributed by atoms with van der Waals surface area (Å²) in [6.07, 6.45) is 0. The number of fused-ring (bicyclic) bond motifs is 5. The van der Waals surface area contributed by atoms with Gasteiger partial charge in [-0.15, -0.1) is 0 Å². The van der Waals surface area contributed by atoms with Gasteiger partial charge in [-0.05, 0) is 83.5 Å². The van der Waals surface area contributed by atoms with Crippen LogP contribution < -0.4 is 0 Å². The van der Waals surface area contributed by atoms with Crippen molar-refractivity contribution in [1.29, 1.82) is 0 Å². The maximum atomic E-state index is 5.28. The second-order valence-corrected chi connectivity index (χ2v) is 13.4. The summed E-state index contributed by atoms with van der Waals surface area (Å²) in [4.78, 5) is 10.4. The molecule has 0 bridgehead atoms. The lowest BCUT2D eigenvalue weighted by Gasteiger charge is -2.17. The van der Waals surface area contributed by atoms with E-state index < -0.39 is 0 Å². The van der Waals surface area contributed by atoms with E-state index in [0.717, 1.165) is 33.6 Å². The SMILES string of the molecule is c1ccc(-c2nc(-c3ccc(-c4ccc5ccccc5c4)cc3)cc(-c3ccccc3-c3c4ccccc4cc4c3ccc3ccccc34)n2)cc1. The van der Waals surface area contributed by atoms with Crippen LogP contribution in [0.15, 0.2) is 194 Å². The van der Waals surface area contributed by atoms with Crippen LogP contribution in [-0.4, -0.2) is 9.97 Å². The van der Waals surface area contributed by atoms with Crippen molar-refractivity contribution < 1.29 is 0 Å². The zero-order valence-corrected chi connectivity index (χ0v) is 28.4. The standard InChI is InChI=1S/C50H32N2/c1-2-14-37(15-3-1)50-51-47(36-25-22-34(23-26-36)39-27-24-33-12-4-5-16-38(33)30-39)32-48(52-50)43-20-10-11-21-44(43)49-42-19-9-7-17-40(42)31-46-41-18-8-6-13-35(41)28-29-45(46)49/h1-32H. The van der Waals surface area contributed by atoms with Gasteiger partial charge < -0.3 is 0 Å². The Balaban J connectivity index is 1.17. The molecule has 0 spiro atoms. The van der Waals surface area contributed by atoms with E-state index in [2.05, 4.69) is 176 Å². The fourth-order valence-electron chi connectivity index (χ4n) is 7.69. The molecule has 10 rings (SSSR count). The largest absolute Gasteiger partial charge is 0.228 e. The highest BCUT2D eigenvalue weighted by Gasteiger charge is 2.18. The van der Waals surface area contributed by atoms with Crippen LogP contribution in [0.2, 0.25) is 0 Å². The van der Waals surface area contributed by atoms with Gasteiger partial charge in [0.05, 0.1) is 11.4 Å². The third-order valence-corrected chi connectivity index (χ3v) is 10.3. The number of aromatic nitrogens is 2. The van der Waals surface area contributed by atoms with Crippen LogP contribution in [0.5, 0.6) is 0 Å². The van der Waals surface area contributed by atoms with Crippen LogP contribution in [0.4, 0.5) is 0 Å². The van der Waals surface area contributed by atoms with E-state index in [1.165, 1.54) is 59.8 Å². The molecule has 0 aliphatic carbocycles. The maximum absolute atomic E-state index is 5.28. The first kappa shape index (κ1) is 30.0. The van der Waals surface area contributed by atoms with Crippen molar-refractivity contribution in [3.8, 4) is 56.2 Å². The third kappa shape index (κ3) is 5.21. The first-order chi connectivity index (χ1) is 25.8. The van der Waals surface area contributed by atoms with Gasteiger partial charge in [-0.25, -0.2) is 9.97 Å². The van der Waals surface area contributed by atoms with Crippen LogP contribution in [0.1, 0.15) is 0 Å². The summed E-state index contributed by atoms with van der Waals surface area (Å²) < 4.78 is 0. The highest BCUT2D eigenvalue weighted by Crippen LogP contribution is 2.43. The smallest absolute Gasteiger partial charge is 0.160 e. The molecule has 1 aromatic heterocycles. The molecule has 9 aromatic carbocycles. The molecule has 242 valence electrons. The fourth-order valence-corrected chi connectivity index (χ4v) is 7.69. The van der Waals surface area contributed by atoms with Gasteiger partial charge in [-0.2, -0.15) is 0 Å². The van der Waals surface area contributed by atoms with Gasteiger partial charge in [0.25, 0.3) is 0 Å². The van der Waals surface area contributed by atoms with Gasteiger partial charge in [0.15, 0.2) is 5.82 Å². The number of rotatable bonds is 5. The molecule has 0 N–H and O–H groups in total. The van der Waals surface area contributed by atoms with E-state index in [1.807, 2.05) is 18.2 Å². The molecule has 0 aliphatic heterocycles. The Labute approximate surface area is 302 Å². The summed E-state index contributed by atoms with van der Waals surface area (Å²) >= 11 is 0. The number of hydrogen-bond acceptors (Lipinski definition) is 2. The lowest BCUT2D eigenvalue weighted by atomic mass is 9.87. The summed E-state index contributed by atoms with van der Waals surface area (Å²) in [7, 11) is 0. The van der Waals surface area contributed by atoms with Gasteiger partial charge in [-0.3, -0.25) is 0 Å². The Bertz CT molecular complexity index is 2940. The van der Waals surface area contributed by atoms with Crippen molar-refractivity contribution in [3.05, 3.63) is 194 Å². The average Bonchev–Trinajstić information content (AvgIpc) is 3.23. The van der Waals surface area contributed by atoms with Crippen LogP contribution in [0.3, 0.4) is 0 Å². The maximum Gasteiger partial charge on any atom is 0.160 e. The Kier molecular flexibility index (Phi) is 7.18. The lowest BCUT2D eigenvalue weighted by Crippen LogP contribution is -1.97. The molecule has 0 unspecified atom stereocenters. The number of hydrogen-bond donors (Lipinski definition) is 0. The van der Waals surface area contributed by atoms with Gasteiger partial charge in [0, 0.05) is 16.7 Å². The summed E-state index contributed by atoms with van der Waals surface area (Å²) in [6.45, 7) is 0. The Morgan fingerprint density at radius 1 is 0.269 bits per heavy atom. The molecule has 52 heavy (non-hydrogen) atoms. The molecule has 10 aromatic rings. The van der Waals surface area contributed by atoms with Crippen LogP contribution in [0.25, 0.3) is 99.2 Å². The lowest BCUT2D eigenvalue weighted by molar-refractivity contribution is 1.18. The minimum atomic E-state index is 0.704. The van der Waals surface area contributed by atoms with E-state index in [1.54, 1.807) is 0 Å². The topological polar surface area (TPSA) is 25.8 Å². The van der Waals surface area contributed by atoms with E-state index in [0.29, 0.717) is 5.82 Å². The highest BCUT2D eigenvalue weighted by atomic mass is 14.9. The zero-order valence-electron chi connectivity index (χ0n) is 28.4. The van der Waals surface area contributed by atoms with E-state index in [9.17, 15) is 0 Å². The van der Waals surface area contributed by atoms with Crippen LogP contribution in [-0.2, 0) is 0 Å². The van der Waals surface area contributed by atoms with Crippen LogP contribution >= 0.6 is 0 Å². The second kappa shape index (κ2) is 12.5. The van der Waals surface area contributed by atoms with Crippen molar-refractivity contribution in [2.75, 3.05) is 0 Å². The van der Waals surface area contributed by atoms with Crippen LogP contribution in [0, 0.1) is 0 Å². The van der Waals surface area contributed by atoms with E-state index >= 15 is 0 Å². The molecule has 0 saturated carbocycles. The number of benzene rings is 9. The molecular formula is C50H32N2. The van der Waals surface area contributed by atoms with E-state index in [-0.39, 0.29) is 0 Å². The summed E-state index contributed by atoms with van der Waals surface area (Å²) in [5, 5.41) is 9.90. The quantitative estimate of drug-likeness (QED) is 0.136. The minimum Gasteiger partial charge on any atom is -0.228 e. The monoisotopic (exact) mass is 660 g/mol. The Hall–Kier alpha value is -6.90. The van der Waals surface area contributed by atoms with Crippen molar-refractivity contribution >= 4 is 43.1 Å². The van der Waals surface area contributed by atoms with Gasteiger partial charge in [-0.1, -0.05) is 176 Å². The van der Waals surface area contributed by atoms with Gasteiger partial charge >= 0.3 is 0 Å². The molecule has 0 aliphatic rings.